The molecule has 7 heterocycles. The van der Waals surface area contributed by atoms with Crippen LogP contribution in [0.5, 0.6) is 0 Å². The Labute approximate surface area is 633 Å². The van der Waals surface area contributed by atoms with Gasteiger partial charge >= 0.3 is 29.8 Å². The first-order valence-electron chi connectivity index (χ1n) is 36.8. The van der Waals surface area contributed by atoms with Crippen molar-refractivity contribution in [3.8, 4) is 0 Å². The fourth-order valence-electron chi connectivity index (χ4n) is 13.5. The Bertz CT molecular complexity index is 3710. The number of ketones is 1. The maximum atomic E-state index is 15.0. The monoisotopic (exact) mass is 1500 g/mol. The van der Waals surface area contributed by atoms with Crippen LogP contribution in [-0.4, -0.2) is 173 Å². The molecule has 0 spiro atoms. The summed E-state index contributed by atoms with van der Waals surface area (Å²) >= 11 is 0. The lowest BCUT2D eigenvalue weighted by atomic mass is 9.80. The molecule has 109 heavy (non-hydrogen) atoms. The van der Waals surface area contributed by atoms with E-state index in [0.717, 1.165) is 33.4 Å². The van der Waals surface area contributed by atoms with Gasteiger partial charge in [-0.3, -0.25) is 28.8 Å². The fraction of sp³-hybridized carbons (Fsp3) is 0.500. The Morgan fingerprint density at radius 2 is 0.477 bits per heavy atom. The summed E-state index contributed by atoms with van der Waals surface area (Å²) in [6, 6.07) is 55.6. The molecule has 2 unspecified atom stereocenters. The Morgan fingerprint density at radius 3 is 0.697 bits per heavy atom. The third kappa shape index (κ3) is 18.9. The Hall–Kier alpha value is -8.22. The van der Waals surface area contributed by atoms with Crippen LogP contribution in [-0.2, 0) is 119 Å². The summed E-state index contributed by atoms with van der Waals surface area (Å²) in [5.74, 6) is -4.18. The van der Waals surface area contributed by atoms with Crippen molar-refractivity contribution in [3.05, 3.63) is 215 Å². The molecule has 6 aromatic carbocycles. The molecular formula is C84H96O25. The number of hydrogen-bond acceptors (Lipinski definition) is 25. The SMILES string of the molecule is CC1(C(=O)OCC(COCC(COC(=O)C2(C)COC(c3ccccc3)OC2)(COC(=O)C2(C)COC(c3ccccc3)OC2)CC2OC2C(=O)C2(C)COC(c3ccccc3)OC2)(COC(=O)C2(C)COC(c3ccccc3)OC2)COC(=O)C2(C)COC(c3ccccc3)OC2)COC(c2ccccc2)OC1. The van der Waals surface area contributed by atoms with Crippen LogP contribution in [0.1, 0.15) is 119 Å². The van der Waals surface area contributed by atoms with Gasteiger partial charge in [0.05, 0.1) is 115 Å². The van der Waals surface area contributed by atoms with Crippen LogP contribution in [0.15, 0.2) is 182 Å². The van der Waals surface area contributed by atoms with Crippen molar-refractivity contribution in [2.75, 3.05) is 126 Å². The zero-order valence-corrected chi connectivity index (χ0v) is 62.3. The molecular weight excluding hydrogens is 1410 g/mol. The van der Waals surface area contributed by atoms with Gasteiger partial charge in [-0.15, -0.1) is 0 Å². The number of carbonyl (C=O) groups is 6. The van der Waals surface area contributed by atoms with Gasteiger partial charge in [0.1, 0.15) is 66.2 Å². The summed E-state index contributed by atoms with van der Waals surface area (Å²) in [6.07, 6.45) is -6.84. The summed E-state index contributed by atoms with van der Waals surface area (Å²) in [6.45, 7) is 4.39. The molecule has 6 aromatic rings. The summed E-state index contributed by atoms with van der Waals surface area (Å²) in [7, 11) is 0. The molecule has 7 aliphatic rings. The van der Waals surface area contributed by atoms with Crippen LogP contribution in [0, 0.1) is 43.3 Å². The number of rotatable bonds is 29. The van der Waals surface area contributed by atoms with E-state index >= 15 is 0 Å². The smallest absolute Gasteiger partial charge is 0.316 e. The van der Waals surface area contributed by atoms with E-state index in [2.05, 4.69) is 0 Å². The van der Waals surface area contributed by atoms with Crippen molar-refractivity contribution in [1.82, 2.24) is 0 Å². The van der Waals surface area contributed by atoms with E-state index in [1.165, 1.54) is 0 Å². The van der Waals surface area contributed by atoms with Gasteiger partial charge in [0, 0.05) is 33.4 Å². The van der Waals surface area contributed by atoms with Crippen LogP contribution < -0.4 is 0 Å². The maximum Gasteiger partial charge on any atom is 0.316 e. The van der Waals surface area contributed by atoms with Crippen molar-refractivity contribution in [2.24, 2.45) is 43.3 Å². The first-order valence-corrected chi connectivity index (χ1v) is 36.8. The molecule has 0 radical (unpaired) electrons. The van der Waals surface area contributed by atoms with Crippen LogP contribution in [0.3, 0.4) is 0 Å². The number of benzene rings is 6. The number of Topliss-reactive ketones (excluding diaryl/α,β-unsaturated/α-hetero) is 1. The van der Waals surface area contributed by atoms with Crippen LogP contribution in [0.25, 0.3) is 0 Å². The highest BCUT2D eigenvalue weighted by molar-refractivity contribution is 5.91. The molecule has 0 amide bonds. The van der Waals surface area contributed by atoms with E-state index in [-0.39, 0.29) is 91.5 Å². The molecule has 0 bridgehead atoms. The van der Waals surface area contributed by atoms with Crippen molar-refractivity contribution in [3.63, 3.8) is 0 Å². The Kier molecular flexibility index (Phi) is 24.7. The molecule has 13 rings (SSSR count). The quantitative estimate of drug-likeness (QED) is 0.0240. The molecule has 7 aliphatic heterocycles. The molecule has 582 valence electrons. The fourth-order valence-corrected chi connectivity index (χ4v) is 13.5. The van der Waals surface area contributed by atoms with Gasteiger partial charge < -0.3 is 90.0 Å². The lowest BCUT2D eigenvalue weighted by molar-refractivity contribution is -0.242. The van der Waals surface area contributed by atoms with E-state index in [9.17, 15) is 28.8 Å². The first-order chi connectivity index (χ1) is 52.5. The molecule has 25 nitrogen and oxygen atoms in total. The second-order valence-electron chi connectivity index (χ2n) is 31.6. The van der Waals surface area contributed by atoms with Crippen LogP contribution in [0.2, 0.25) is 0 Å². The lowest BCUT2D eigenvalue weighted by Gasteiger charge is -2.41. The Morgan fingerprint density at radius 1 is 0.284 bits per heavy atom. The first kappa shape index (κ1) is 78.9. The minimum Gasteiger partial charge on any atom is -0.464 e. The second-order valence-corrected chi connectivity index (χ2v) is 31.6. The van der Waals surface area contributed by atoms with Gasteiger partial charge in [-0.2, -0.15) is 0 Å². The van der Waals surface area contributed by atoms with Gasteiger partial charge in [-0.25, -0.2) is 0 Å². The highest BCUT2D eigenvalue weighted by atomic mass is 16.7. The molecule has 0 aliphatic carbocycles. The summed E-state index contributed by atoms with van der Waals surface area (Å²) in [4.78, 5) is 89.8. The number of esters is 5. The molecule has 25 heteroatoms. The zero-order chi connectivity index (χ0) is 76.3. The molecule has 0 N–H and O–H groups in total. The average Bonchev–Trinajstić information content (AvgIpc) is 1.60. The van der Waals surface area contributed by atoms with Crippen molar-refractivity contribution in [2.45, 2.75) is 97.9 Å². The topological polar surface area (TPSA) is 281 Å². The third-order valence-corrected chi connectivity index (χ3v) is 21.0. The number of ether oxygens (including phenoxy) is 19. The maximum absolute atomic E-state index is 15.0. The van der Waals surface area contributed by atoms with Crippen molar-refractivity contribution in [1.29, 1.82) is 0 Å². The summed E-state index contributed by atoms with van der Waals surface area (Å²) in [5.41, 5.74) is -7.29. The number of hydrogen-bond donors (Lipinski definition) is 0. The van der Waals surface area contributed by atoms with Gasteiger partial charge in [-0.05, 0) is 48.0 Å². The molecule has 0 saturated carbocycles. The number of carbonyl (C=O) groups excluding carboxylic acids is 6. The number of epoxide rings is 1. The zero-order valence-electron chi connectivity index (χ0n) is 62.3. The molecule has 7 saturated heterocycles. The van der Waals surface area contributed by atoms with Crippen LogP contribution in [0.4, 0.5) is 0 Å². The van der Waals surface area contributed by atoms with E-state index in [4.69, 9.17) is 90.0 Å². The molecule has 2 atom stereocenters. The predicted molar refractivity (Wildman–Crippen MR) is 384 cm³/mol. The van der Waals surface area contributed by atoms with Crippen LogP contribution >= 0.6 is 0 Å². The minimum atomic E-state index is -1.85. The minimum absolute atomic E-state index is 0.0147. The third-order valence-electron chi connectivity index (χ3n) is 21.0. The standard InChI is InChI=1S/C84H96O25/c1-77(38-92-66(93-39-77)57-25-13-7-14-26-57)65(85)64-63(109-64)37-83(52-104-72(86)78(2)40-94-67(95-41-78)58-27-15-8-16-28-58,53-105-73(87)79(3)42-96-68(97-43-79)59-29-17-9-18-30-59)50-91-51-84(54-106-74(88)80(4)44-98-69(99-45-80)60-31-19-10-20-32-60,55-107-75(89)81(5)46-100-70(101-47-81)61-33-21-11-22-34-61)56-108-76(90)82(6)48-102-71(103-49-82)62-35-23-12-24-36-62/h7-36,63-64,66-71H,37-56H2,1-6H3. The highest BCUT2D eigenvalue weighted by Crippen LogP contribution is 2.46. The highest BCUT2D eigenvalue weighted by Gasteiger charge is 2.58. The Balaban J connectivity index is 0.825. The molecule has 0 aromatic heterocycles. The molecule has 7 fully saturated rings. The van der Waals surface area contributed by atoms with Crippen molar-refractivity contribution < 1.29 is 119 Å². The van der Waals surface area contributed by atoms with E-state index in [1.807, 2.05) is 182 Å². The van der Waals surface area contributed by atoms with E-state index < -0.39 is 169 Å². The van der Waals surface area contributed by atoms with Gasteiger partial charge in [0.25, 0.3) is 0 Å². The normalized spacial score (nSPS) is 31.6. The predicted octanol–water partition coefficient (Wildman–Crippen LogP) is 10.9. The van der Waals surface area contributed by atoms with E-state index in [0.29, 0.717) is 0 Å². The van der Waals surface area contributed by atoms with Gasteiger partial charge in [0.2, 0.25) is 0 Å². The van der Waals surface area contributed by atoms with E-state index in [1.54, 1.807) is 41.5 Å². The van der Waals surface area contributed by atoms with Gasteiger partial charge in [0.15, 0.2) is 43.5 Å². The largest absolute Gasteiger partial charge is 0.464 e. The summed E-state index contributed by atoms with van der Waals surface area (Å²) in [5, 5.41) is 0. The second kappa shape index (κ2) is 34.2. The average molecular weight is 1510 g/mol. The van der Waals surface area contributed by atoms with Gasteiger partial charge in [-0.1, -0.05) is 182 Å². The lowest BCUT2D eigenvalue weighted by Crippen LogP contribution is -2.51. The summed E-state index contributed by atoms with van der Waals surface area (Å²) < 4.78 is 120. The van der Waals surface area contributed by atoms with Crippen molar-refractivity contribution >= 4 is 35.6 Å².